The van der Waals surface area contributed by atoms with Crippen LogP contribution in [0.4, 0.5) is 5.69 Å². The summed E-state index contributed by atoms with van der Waals surface area (Å²) in [6, 6.07) is 11.0. The zero-order valence-electron chi connectivity index (χ0n) is 11.5. The quantitative estimate of drug-likeness (QED) is 0.759. The molecule has 0 radical (unpaired) electrons. The Morgan fingerprint density at radius 3 is 2.82 bits per heavy atom. The van der Waals surface area contributed by atoms with Crippen molar-refractivity contribution in [1.82, 2.24) is 20.0 Å². The molecule has 0 saturated carbocycles. The Hall–Kier alpha value is -3.06. The molecule has 1 amide bonds. The molecule has 0 unspecified atom stereocenters. The van der Waals surface area contributed by atoms with E-state index in [0.29, 0.717) is 11.3 Å². The zero-order valence-corrected chi connectivity index (χ0v) is 11.5. The maximum absolute atomic E-state index is 12.2. The van der Waals surface area contributed by atoms with Gasteiger partial charge in [0.1, 0.15) is 0 Å². The van der Waals surface area contributed by atoms with Gasteiger partial charge in [-0.2, -0.15) is 0 Å². The van der Waals surface area contributed by atoms with Gasteiger partial charge >= 0.3 is 0 Å². The van der Waals surface area contributed by atoms with Crippen LogP contribution >= 0.6 is 0 Å². The summed E-state index contributed by atoms with van der Waals surface area (Å²) in [5.41, 5.74) is 2.02. The molecule has 7 heteroatoms. The first-order valence-corrected chi connectivity index (χ1v) is 6.61. The van der Waals surface area contributed by atoms with Crippen LogP contribution in [0.3, 0.4) is 0 Å². The molecule has 22 heavy (non-hydrogen) atoms. The van der Waals surface area contributed by atoms with Gasteiger partial charge < -0.3 is 10.4 Å². The van der Waals surface area contributed by atoms with Crippen molar-refractivity contribution in [3.63, 3.8) is 0 Å². The van der Waals surface area contributed by atoms with Crippen molar-refractivity contribution in [1.29, 1.82) is 0 Å². The Morgan fingerprint density at radius 1 is 1.23 bits per heavy atom. The minimum atomic E-state index is -0.412. The third kappa shape index (κ3) is 2.84. The second-order valence-electron chi connectivity index (χ2n) is 4.53. The molecule has 0 spiro atoms. The lowest BCUT2D eigenvalue weighted by atomic mass is 10.2. The average molecular weight is 295 g/mol. The summed E-state index contributed by atoms with van der Waals surface area (Å²) in [6.45, 7) is -0.186. The van der Waals surface area contributed by atoms with Gasteiger partial charge in [-0.3, -0.25) is 9.78 Å². The van der Waals surface area contributed by atoms with Gasteiger partial charge in [0.25, 0.3) is 5.91 Å². The molecule has 0 atom stereocenters. The van der Waals surface area contributed by atoms with E-state index in [1.165, 1.54) is 10.9 Å². The van der Waals surface area contributed by atoms with Crippen molar-refractivity contribution >= 4 is 11.6 Å². The molecular weight excluding hydrogens is 282 g/mol. The summed E-state index contributed by atoms with van der Waals surface area (Å²) in [7, 11) is 0. The molecule has 0 aliphatic carbocycles. The smallest absolute Gasteiger partial charge is 0.277 e. The molecule has 0 aliphatic rings. The number of benzene rings is 1. The first-order valence-electron chi connectivity index (χ1n) is 6.61. The van der Waals surface area contributed by atoms with E-state index < -0.39 is 5.91 Å². The number of amides is 1. The number of aliphatic hydroxyl groups excluding tert-OH is 1. The number of nitrogens with one attached hydrogen (secondary N) is 1. The number of rotatable bonds is 4. The van der Waals surface area contributed by atoms with Crippen LogP contribution in [-0.2, 0) is 6.61 Å². The van der Waals surface area contributed by atoms with Crippen molar-refractivity contribution in [2.75, 3.05) is 5.32 Å². The fraction of sp³-hybridized carbons (Fsp3) is 0.0667. The lowest BCUT2D eigenvalue weighted by molar-refractivity contribution is 0.102. The van der Waals surface area contributed by atoms with Crippen LogP contribution in [-0.4, -0.2) is 31.0 Å². The molecule has 110 valence electrons. The SMILES string of the molecule is O=C(Nc1cnccc1CO)c1cn(-c2ccccc2)nn1. The first-order chi connectivity index (χ1) is 10.8. The second-order valence-corrected chi connectivity index (χ2v) is 4.53. The van der Waals surface area contributed by atoms with E-state index in [9.17, 15) is 9.90 Å². The predicted octanol–water partition coefficient (Wildman–Crippen LogP) is 1.41. The molecule has 0 fully saturated rings. The van der Waals surface area contributed by atoms with Crippen LogP contribution < -0.4 is 5.32 Å². The van der Waals surface area contributed by atoms with Gasteiger partial charge in [-0.05, 0) is 18.2 Å². The normalized spacial score (nSPS) is 10.4. The number of hydrogen-bond acceptors (Lipinski definition) is 5. The number of aromatic nitrogens is 4. The monoisotopic (exact) mass is 295 g/mol. The van der Waals surface area contributed by atoms with Gasteiger partial charge in [-0.1, -0.05) is 23.4 Å². The van der Waals surface area contributed by atoms with Crippen molar-refractivity contribution in [3.05, 3.63) is 66.2 Å². The van der Waals surface area contributed by atoms with Crippen molar-refractivity contribution < 1.29 is 9.90 Å². The highest BCUT2D eigenvalue weighted by molar-refractivity contribution is 6.02. The van der Waals surface area contributed by atoms with E-state index in [4.69, 9.17) is 0 Å². The molecule has 7 nitrogen and oxygen atoms in total. The summed E-state index contributed by atoms with van der Waals surface area (Å²) in [4.78, 5) is 16.1. The summed E-state index contributed by atoms with van der Waals surface area (Å²) >= 11 is 0. The number of para-hydroxylation sites is 1. The second kappa shape index (κ2) is 6.15. The lowest BCUT2D eigenvalue weighted by Crippen LogP contribution is -2.14. The highest BCUT2D eigenvalue weighted by atomic mass is 16.3. The fourth-order valence-electron chi connectivity index (χ4n) is 1.93. The summed E-state index contributed by atoms with van der Waals surface area (Å²) < 4.78 is 1.52. The Kier molecular flexibility index (Phi) is 3.88. The number of anilines is 1. The first kappa shape index (κ1) is 13.9. The third-order valence-corrected chi connectivity index (χ3v) is 3.08. The molecule has 0 aliphatic heterocycles. The number of aliphatic hydroxyl groups is 1. The fourth-order valence-corrected chi connectivity index (χ4v) is 1.93. The maximum Gasteiger partial charge on any atom is 0.277 e. The molecule has 1 aromatic carbocycles. The highest BCUT2D eigenvalue weighted by Crippen LogP contribution is 2.14. The van der Waals surface area contributed by atoms with Crippen LogP contribution in [0.2, 0.25) is 0 Å². The van der Waals surface area contributed by atoms with Gasteiger partial charge in [0.15, 0.2) is 5.69 Å². The predicted molar refractivity (Wildman–Crippen MR) is 79.5 cm³/mol. The van der Waals surface area contributed by atoms with Gasteiger partial charge in [0, 0.05) is 11.8 Å². The van der Waals surface area contributed by atoms with Crippen LogP contribution in [0.25, 0.3) is 5.69 Å². The third-order valence-electron chi connectivity index (χ3n) is 3.08. The van der Waals surface area contributed by atoms with E-state index >= 15 is 0 Å². The van der Waals surface area contributed by atoms with Crippen LogP contribution in [0.5, 0.6) is 0 Å². The largest absolute Gasteiger partial charge is 0.392 e. The molecular formula is C15H13N5O2. The van der Waals surface area contributed by atoms with E-state index in [1.54, 1.807) is 18.5 Å². The van der Waals surface area contributed by atoms with Gasteiger partial charge in [-0.25, -0.2) is 4.68 Å². The number of carbonyl (C=O) groups is 1. The molecule has 2 aromatic heterocycles. The minimum absolute atomic E-state index is 0.177. The minimum Gasteiger partial charge on any atom is -0.392 e. The van der Waals surface area contributed by atoms with Crippen molar-refractivity contribution in [2.24, 2.45) is 0 Å². The Bertz CT molecular complexity index is 785. The number of pyridine rings is 1. The summed E-state index contributed by atoms with van der Waals surface area (Å²) in [5.74, 6) is -0.412. The average Bonchev–Trinajstić information content (AvgIpc) is 3.06. The number of hydrogen-bond donors (Lipinski definition) is 2. The highest BCUT2D eigenvalue weighted by Gasteiger charge is 2.13. The summed E-state index contributed by atoms with van der Waals surface area (Å²) in [6.07, 6.45) is 4.57. The molecule has 0 bridgehead atoms. The van der Waals surface area contributed by atoms with Gasteiger partial charge in [0.2, 0.25) is 0 Å². The maximum atomic E-state index is 12.2. The zero-order chi connectivity index (χ0) is 15.4. The molecule has 2 N–H and O–H groups in total. The van der Waals surface area contributed by atoms with Crippen molar-refractivity contribution in [3.8, 4) is 5.69 Å². The van der Waals surface area contributed by atoms with Crippen molar-refractivity contribution in [2.45, 2.75) is 6.61 Å². The van der Waals surface area contributed by atoms with E-state index in [1.807, 2.05) is 30.3 Å². The molecule has 3 rings (SSSR count). The molecule has 0 saturated heterocycles. The Balaban J connectivity index is 1.80. The Morgan fingerprint density at radius 2 is 2.05 bits per heavy atom. The topological polar surface area (TPSA) is 92.9 Å². The number of carbonyl (C=O) groups excluding carboxylic acids is 1. The van der Waals surface area contributed by atoms with Crippen LogP contribution in [0, 0.1) is 0 Å². The Labute approximate surface area is 126 Å². The number of nitrogens with zero attached hydrogens (tertiary/aromatic N) is 4. The van der Waals surface area contributed by atoms with Crippen LogP contribution in [0.15, 0.2) is 55.0 Å². The van der Waals surface area contributed by atoms with Crippen LogP contribution in [0.1, 0.15) is 16.1 Å². The standard InChI is InChI=1S/C15H13N5O2/c21-10-11-6-7-16-8-13(11)17-15(22)14-9-20(19-18-14)12-4-2-1-3-5-12/h1-9,21H,10H2,(H,17,22). The molecule has 2 heterocycles. The van der Waals surface area contributed by atoms with E-state index in [0.717, 1.165) is 5.69 Å². The van der Waals surface area contributed by atoms with E-state index in [-0.39, 0.29) is 12.3 Å². The van der Waals surface area contributed by atoms with Gasteiger partial charge in [-0.15, -0.1) is 5.10 Å². The lowest BCUT2D eigenvalue weighted by Gasteiger charge is -2.06. The van der Waals surface area contributed by atoms with E-state index in [2.05, 4.69) is 20.6 Å². The molecule has 3 aromatic rings. The van der Waals surface area contributed by atoms with Gasteiger partial charge in [0.05, 0.1) is 30.4 Å². The summed E-state index contributed by atoms with van der Waals surface area (Å²) in [5, 5.41) is 19.7.